The smallest absolute Gasteiger partial charge is 0.337 e. The first-order valence-electron chi connectivity index (χ1n) is 9.93. The molecule has 1 N–H and O–H groups in total. The molecule has 0 spiro atoms. The van der Waals surface area contributed by atoms with Crippen molar-refractivity contribution < 1.29 is 19.1 Å². The first-order valence-corrected chi connectivity index (χ1v) is 10.7. The van der Waals surface area contributed by atoms with Crippen molar-refractivity contribution in [1.29, 1.82) is 0 Å². The Hall–Kier alpha value is -1.98. The second-order valence-electron chi connectivity index (χ2n) is 8.89. The predicted molar refractivity (Wildman–Crippen MR) is 118 cm³/mol. The van der Waals surface area contributed by atoms with E-state index in [4.69, 9.17) is 32.7 Å². The Labute approximate surface area is 187 Å². The van der Waals surface area contributed by atoms with Crippen LogP contribution in [0.1, 0.15) is 58.9 Å². The van der Waals surface area contributed by atoms with Gasteiger partial charge in [-0.1, -0.05) is 37.0 Å². The van der Waals surface area contributed by atoms with Crippen LogP contribution in [0, 0.1) is 5.41 Å². The molecule has 0 unspecified atom stereocenters. The summed E-state index contributed by atoms with van der Waals surface area (Å²) in [5.74, 6) is -0.788. The fraction of sp³-hybridized carbons (Fsp3) is 0.478. The lowest BCUT2D eigenvalue weighted by molar-refractivity contribution is -0.143. The summed E-state index contributed by atoms with van der Waals surface area (Å²) in [6.45, 7) is 9.51. The first kappa shape index (κ1) is 22.7. The fourth-order valence-electron chi connectivity index (χ4n) is 4.31. The SMILES string of the molecule is COc1c(Cl)cc(Cl)cc1[C@@H]1C(C(=O)OC(C)C)=C(C)NC2=C1C(=O)CC(C)(C)C2. The molecule has 0 aromatic heterocycles. The molecule has 0 saturated heterocycles. The number of halogens is 2. The van der Waals surface area contributed by atoms with E-state index in [0.717, 1.165) is 5.70 Å². The van der Waals surface area contributed by atoms with Crippen LogP contribution in [0.4, 0.5) is 0 Å². The molecule has 2 aliphatic rings. The zero-order valence-electron chi connectivity index (χ0n) is 18.1. The number of dihydropyridines is 1. The van der Waals surface area contributed by atoms with Gasteiger partial charge in [-0.15, -0.1) is 0 Å². The highest BCUT2D eigenvalue weighted by molar-refractivity contribution is 6.35. The molecule has 1 aliphatic carbocycles. The van der Waals surface area contributed by atoms with Crippen LogP contribution in [-0.4, -0.2) is 25.0 Å². The van der Waals surface area contributed by atoms with Gasteiger partial charge in [0, 0.05) is 34.0 Å². The number of carbonyl (C=O) groups excluding carboxylic acids is 2. The van der Waals surface area contributed by atoms with Crippen molar-refractivity contribution in [1.82, 2.24) is 5.32 Å². The highest BCUT2D eigenvalue weighted by Gasteiger charge is 2.44. The minimum Gasteiger partial charge on any atom is -0.495 e. The zero-order chi connectivity index (χ0) is 22.4. The van der Waals surface area contributed by atoms with Gasteiger partial charge in [-0.25, -0.2) is 4.79 Å². The number of allylic oxidation sites excluding steroid dienone is 3. The van der Waals surface area contributed by atoms with Crippen LogP contribution in [0.5, 0.6) is 5.75 Å². The van der Waals surface area contributed by atoms with Crippen LogP contribution < -0.4 is 10.1 Å². The van der Waals surface area contributed by atoms with E-state index < -0.39 is 11.9 Å². The number of rotatable bonds is 4. The van der Waals surface area contributed by atoms with E-state index in [1.54, 1.807) is 26.0 Å². The van der Waals surface area contributed by atoms with Crippen LogP contribution in [0.2, 0.25) is 10.0 Å². The Balaban J connectivity index is 2.29. The van der Waals surface area contributed by atoms with Crippen LogP contribution in [0.25, 0.3) is 0 Å². The molecule has 0 saturated carbocycles. The number of hydrogen-bond acceptors (Lipinski definition) is 5. The average Bonchev–Trinajstić information content (AvgIpc) is 2.57. The summed E-state index contributed by atoms with van der Waals surface area (Å²) in [6, 6.07) is 3.28. The maximum absolute atomic E-state index is 13.3. The molecule has 1 heterocycles. The fourth-order valence-corrected chi connectivity index (χ4v) is 4.89. The molecule has 0 radical (unpaired) electrons. The first-order chi connectivity index (χ1) is 13.9. The normalized spacial score (nSPS) is 20.8. The Morgan fingerprint density at radius 1 is 1.23 bits per heavy atom. The number of ketones is 1. The number of nitrogens with one attached hydrogen (secondary N) is 1. The number of ether oxygens (including phenoxy) is 2. The van der Waals surface area contributed by atoms with E-state index in [9.17, 15) is 9.59 Å². The van der Waals surface area contributed by atoms with Gasteiger partial charge < -0.3 is 14.8 Å². The van der Waals surface area contributed by atoms with Crippen molar-refractivity contribution >= 4 is 35.0 Å². The predicted octanol–water partition coefficient (Wildman–Crippen LogP) is 5.56. The molecular formula is C23H27Cl2NO4. The summed E-state index contributed by atoms with van der Waals surface area (Å²) in [5.41, 5.74) is 2.78. The van der Waals surface area contributed by atoms with Crippen molar-refractivity contribution in [3.8, 4) is 5.75 Å². The van der Waals surface area contributed by atoms with Crippen molar-refractivity contribution in [2.24, 2.45) is 5.41 Å². The van der Waals surface area contributed by atoms with Crippen LogP contribution in [-0.2, 0) is 14.3 Å². The molecule has 0 amide bonds. The maximum atomic E-state index is 13.3. The topological polar surface area (TPSA) is 64.6 Å². The van der Waals surface area contributed by atoms with Crippen LogP contribution >= 0.6 is 23.2 Å². The third-order valence-electron chi connectivity index (χ3n) is 5.35. The minimum atomic E-state index is -0.678. The van der Waals surface area contributed by atoms with Crippen molar-refractivity contribution in [2.45, 2.75) is 59.5 Å². The van der Waals surface area contributed by atoms with E-state index >= 15 is 0 Å². The molecule has 5 nitrogen and oxygen atoms in total. The molecule has 1 aromatic rings. The summed E-state index contributed by atoms with van der Waals surface area (Å²) < 4.78 is 11.1. The van der Waals surface area contributed by atoms with Gasteiger partial charge in [0.05, 0.1) is 29.7 Å². The number of carbonyl (C=O) groups is 2. The van der Waals surface area contributed by atoms with E-state index in [-0.39, 0.29) is 17.3 Å². The van der Waals surface area contributed by atoms with Crippen molar-refractivity contribution in [3.05, 3.63) is 50.3 Å². The third-order valence-corrected chi connectivity index (χ3v) is 5.85. The van der Waals surface area contributed by atoms with Crippen molar-refractivity contribution in [2.75, 3.05) is 7.11 Å². The monoisotopic (exact) mass is 451 g/mol. The summed E-state index contributed by atoms with van der Waals surface area (Å²) in [7, 11) is 1.50. The molecule has 1 aromatic carbocycles. The van der Waals surface area contributed by atoms with Gasteiger partial charge in [0.2, 0.25) is 0 Å². The van der Waals surface area contributed by atoms with Gasteiger partial charge >= 0.3 is 5.97 Å². The lowest BCUT2D eigenvalue weighted by Crippen LogP contribution is -2.39. The standard InChI is InChI=1S/C23H27Cl2NO4/c1-11(2)30-22(28)18-12(3)26-16-9-23(4,5)10-17(27)20(16)19(18)14-7-13(24)8-15(25)21(14)29-6/h7-8,11,19,26H,9-10H2,1-6H3/t19-/m1/s1. The lowest BCUT2D eigenvalue weighted by atomic mass is 9.68. The summed E-state index contributed by atoms with van der Waals surface area (Å²) in [6.07, 6.45) is 0.761. The molecule has 7 heteroatoms. The summed E-state index contributed by atoms with van der Waals surface area (Å²) in [5, 5.41) is 4.02. The largest absolute Gasteiger partial charge is 0.495 e. The van der Waals surface area contributed by atoms with E-state index in [2.05, 4.69) is 19.2 Å². The average molecular weight is 452 g/mol. The number of esters is 1. The molecule has 1 aliphatic heterocycles. The molecule has 0 bridgehead atoms. The Morgan fingerprint density at radius 3 is 2.50 bits per heavy atom. The van der Waals surface area contributed by atoms with Gasteiger partial charge in [-0.05, 0) is 44.7 Å². The summed E-state index contributed by atoms with van der Waals surface area (Å²) in [4.78, 5) is 26.4. The highest BCUT2D eigenvalue weighted by Crippen LogP contribution is 2.50. The second-order valence-corrected chi connectivity index (χ2v) is 9.74. The number of methoxy groups -OCH3 is 1. The second kappa shape index (κ2) is 8.27. The number of hydrogen-bond donors (Lipinski definition) is 1. The highest BCUT2D eigenvalue weighted by atomic mass is 35.5. The Kier molecular flexibility index (Phi) is 6.26. The quantitative estimate of drug-likeness (QED) is 0.607. The van der Waals surface area contributed by atoms with Crippen LogP contribution in [0.15, 0.2) is 34.7 Å². The molecule has 0 fully saturated rings. The molecule has 162 valence electrons. The molecule has 1 atom stereocenters. The van der Waals surface area contributed by atoms with E-state index in [0.29, 0.717) is 51.0 Å². The van der Waals surface area contributed by atoms with E-state index in [1.807, 2.05) is 6.92 Å². The van der Waals surface area contributed by atoms with Gasteiger partial charge in [0.1, 0.15) is 5.75 Å². The van der Waals surface area contributed by atoms with Gasteiger partial charge in [0.25, 0.3) is 0 Å². The van der Waals surface area contributed by atoms with E-state index in [1.165, 1.54) is 7.11 Å². The third kappa shape index (κ3) is 4.23. The van der Waals surface area contributed by atoms with Gasteiger partial charge in [0.15, 0.2) is 5.78 Å². The zero-order valence-corrected chi connectivity index (χ0v) is 19.6. The Morgan fingerprint density at radius 2 is 1.90 bits per heavy atom. The molecule has 30 heavy (non-hydrogen) atoms. The van der Waals surface area contributed by atoms with Gasteiger partial charge in [-0.2, -0.15) is 0 Å². The minimum absolute atomic E-state index is 0.0146. The molecule has 3 rings (SSSR count). The van der Waals surface area contributed by atoms with Crippen molar-refractivity contribution in [3.63, 3.8) is 0 Å². The number of Topliss-reactive ketones (excluding diaryl/α,β-unsaturated/α-hetero) is 1. The number of benzene rings is 1. The lowest BCUT2D eigenvalue weighted by Gasteiger charge is -2.39. The van der Waals surface area contributed by atoms with Crippen LogP contribution in [0.3, 0.4) is 0 Å². The van der Waals surface area contributed by atoms with Gasteiger partial charge in [-0.3, -0.25) is 4.79 Å². The molecular weight excluding hydrogens is 425 g/mol. The Bertz CT molecular complexity index is 976. The summed E-state index contributed by atoms with van der Waals surface area (Å²) >= 11 is 12.7. The maximum Gasteiger partial charge on any atom is 0.337 e.